The Morgan fingerprint density at radius 2 is 2.07 bits per heavy atom. The maximum atomic E-state index is 11.2. The number of thioether (sulfide) groups is 1. The second-order valence-corrected chi connectivity index (χ2v) is 3.65. The van der Waals surface area contributed by atoms with Gasteiger partial charge in [-0.05, 0) is 19.1 Å². The minimum Gasteiger partial charge on any atom is -0.461 e. The Labute approximate surface area is 92.1 Å². The number of carbonyl (C=O) groups is 1. The average Bonchev–Trinajstić information content (AvgIpc) is 2.27. The number of ether oxygens (including phenoxy) is 1. The van der Waals surface area contributed by atoms with Crippen LogP contribution in [0, 0.1) is 0 Å². The Kier molecular flexibility index (Phi) is 4.68. The maximum absolute atomic E-state index is 11.2. The fourth-order valence-electron chi connectivity index (χ4n) is 0.907. The van der Waals surface area contributed by atoms with Gasteiger partial charge in [0, 0.05) is 4.90 Å². The van der Waals surface area contributed by atoms with Crippen LogP contribution in [0.5, 0.6) is 0 Å². The summed E-state index contributed by atoms with van der Waals surface area (Å²) < 4.78 is 4.71. The molecule has 15 heavy (non-hydrogen) atoms. The van der Waals surface area contributed by atoms with Crippen LogP contribution in [0.4, 0.5) is 0 Å². The smallest absolute Gasteiger partial charge is 0.356 e. The first-order valence-corrected chi connectivity index (χ1v) is 5.24. The quantitative estimate of drug-likeness (QED) is 0.338. The van der Waals surface area contributed by atoms with E-state index in [1.54, 1.807) is 25.0 Å². The topological polar surface area (TPSA) is 43.4 Å². The van der Waals surface area contributed by atoms with Crippen LogP contribution in [-0.4, -0.2) is 18.5 Å². The predicted molar refractivity (Wildman–Crippen MR) is 58.1 cm³/mol. The Balaban J connectivity index is 2.72. The lowest BCUT2D eigenvalue weighted by molar-refractivity contribution is -0.137. The number of carbonyl (C=O) groups excluding carboxylic acids is 2. The third-order valence-electron chi connectivity index (χ3n) is 1.52. The van der Waals surface area contributed by atoms with E-state index in [-0.39, 0.29) is 11.5 Å². The zero-order valence-electron chi connectivity index (χ0n) is 8.23. The first kappa shape index (κ1) is 11.6. The van der Waals surface area contributed by atoms with E-state index in [1.165, 1.54) is 0 Å². The molecule has 0 saturated carbocycles. The SMILES string of the molecule is CCOC(=O)C(=C=O)Sc1ccccc1. The van der Waals surface area contributed by atoms with E-state index in [2.05, 4.69) is 0 Å². The zero-order chi connectivity index (χ0) is 11.1. The number of benzene rings is 1. The lowest BCUT2D eigenvalue weighted by Gasteiger charge is -2.02. The molecule has 0 radical (unpaired) electrons. The van der Waals surface area contributed by atoms with Crippen molar-refractivity contribution in [1.29, 1.82) is 0 Å². The van der Waals surface area contributed by atoms with Crippen LogP contribution in [0.3, 0.4) is 0 Å². The Morgan fingerprint density at radius 1 is 1.40 bits per heavy atom. The van der Waals surface area contributed by atoms with Crippen molar-refractivity contribution in [1.82, 2.24) is 0 Å². The summed E-state index contributed by atoms with van der Waals surface area (Å²) in [5.74, 6) is 0.966. The van der Waals surface area contributed by atoms with Crippen molar-refractivity contribution in [2.45, 2.75) is 11.8 Å². The fraction of sp³-hybridized carbons (Fsp3) is 0.182. The highest BCUT2D eigenvalue weighted by Gasteiger charge is 2.13. The van der Waals surface area contributed by atoms with Gasteiger partial charge in [-0.1, -0.05) is 30.0 Å². The lowest BCUT2D eigenvalue weighted by Crippen LogP contribution is -2.05. The minimum atomic E-state index is -0.624. The normalized spacial score (nSPS) is 9.13. The van der Waals surface area contributed by atoms with E-state index in [0.717, 1.165) is 16.7 Å². The molecule has 0 aliphatic rings. The number of rotatable bonds is 4. The molecule has 4 heteroatoms. The van der Waals surface area contributed by atoms with Crippen LogP contribution in [0.25, 0.3) is 0 Å². The summed E-state index contributed by atoms with van der Waals surface area (Å²) in [6.45, 7) is 1.94. The molecule has 0 N–H and O–H groups in total. The van der Waals surface area contributed by atoms with E-state index < -0.39 is 5.97 Å². The predicted octanol–water partition coefficient (Wildman–Crippen LogP) is 2.06. The third-order valence-corrected chi connectivity index (χ3v) is 2.48. The van der Waals surface area contributed by atoms with E-state index in [4.69, 9.17) is 4.74 Å². The third kappa shape index (κ3) is 3.62. The van der Waals surface area contributed by atoms with Gasteiger partial charge in [0.25, 0.3) is 0 Å². The molecular formula is C11H10O3S. The molecule has 0 amide bonds. The zero-order valence-corrected chi connectivity index (χ0v) is 9.04. The molecule has 0 fully saturated rings. The number of esters is 1. The molecule has 0 bridgehead atoms. The van der Waals surface area contributed by atoms with Crippen molar-refractivity contribution >= 4 is 23.7 Å². The molecule has 0 unspecified atom stereocenters. The van der Waals surface area contributed by atoms with Gasteiger partial charge < -0.3 is 4.74 Å². The summed E-state index contributed by atoms with van der Waals surface area (Å²) in [7, 11) is 0. The summed E-state index contributed by atoms with van der Waals surface area (Å²) in [5.41, 5.74) is 0. The first-order chi connectivity index (χ1) is 7.27. The summed E-state index contributed by atoms with van der Waals surface area (Å²) in [6, 6.07) is 9.13. The fourth-order valence-corrected chi connectivity index (χ4v) is 1.62. The summed E-state index contributed by atoms with van der Waals surface area (Å²) in [4.78, 5) is 22.5. The molecule has 1 aromatic carbocycles. The number of hydrogen-bond acceptors (Lipinski definition) is 4. The van der Waals surface area contributed by atoms with Crippen molar-refractivity contribution in [2.75, 3.05) is 6.61 Å². The second-order valence-electron chi connectivity index (χ2n) is 2.57. The van der Waals surface area contributed by atoms with Crippen LogP contribution in [0.15, 0.2) is 40.1 Å². The minimum absolute atomic E-state index is 0.0527. The molecule has 0 aliphatic carbocycles. The van der Waals surface area contributed by atoms with Crippen molar-refractivity contribution in [3.63, 3.8) is 0 Å². The standard InChI is InChI=1S/C11H10O3S/c1-2-14-11(13)10(8-12)15-9-6-4-3-5-7-9/h3-7H,2H2,1H3. The van der Waals surface area contributed by atoms with E-state index in [1.807, 2.05) is 18.2 Å². The van der Waals surface area contributed by atoms with Gasteiger partial charge in [0.05, 0.1) is 6.61 Å². The molecule has 0 spiro atoms. The lowest BCUT2D eigenvalue weighted by atomic mass is 10.4. The van der Waals surface area contributed by atoms with Crippen molar-refractivity contribution in [3.05, 3.63) is 35.2 Å². The molecule has 0 atom stereocenters. The van der Waals surface area contributed by atoms with Gasteiger partial charge >= 0.3 is 5.97 Å². The van der Waals surface area contributed by atoms with Crippen LogP contribution in [0.2, 0.25) is 0 Å². The van der Waals surface area contributed by atoms with Crippen molar-refractivity contribution < 1.29 is 14.3 Å². The summed E-state index contributed by atoms with van der Waals surface area (Å²) in [6.07, 6.45) is 0. The Bertz CT molecular complexity index is 380. The molecule has 0 aliphatic heterocycles. The van der Waals surface area contributed by atoms with Crippen LogP contribution in [0.1, 0.15) is 6.92 Å². The van der Waals surface area contributed by atoms with Crippen LogP contribution < -0.4 is 0 Å². The van der Waals surface area contributed by atoms with Gasteiger partial charge in [0.15, 0.2) is 4.91 Å². The molecule has 1 rings (SSSR count). The monoisotopic (exact) mass is 222 g/mol. The largest absolute Gasteiger partial charge is 0.461 e. The van der Waals surface area contributed by atoms with Crippen molar-refractivity contribution in [2.24, 2.45) is 0 Å². The summed E-state index contributed by atoms with van der Waals surface area (Å²) >= 11 is 1.06. The van der Waals surface area contributed by atoms with Crippen molar-refractivity contribution in [3.8, 4) is 0 Å². The Hall–Kier alpha value is -1.51. The average molecular weight is 222 g/mol. The first-order valence-electron chi connectivity index (χ1n) is 4.43. The van der Waals surface area contributed by atoms with Crippen LogP contribution in [-0.2, 0) is 14.3 Å². The van der Waals surface area contributed by atoms with E-state index in [0.29, 0.717) is 0 Å². The number of hydrogen-bond donors (Lipinski definition) is 0. The molecule has 3 nitrogen and oxygen atoms in total. The van der Waals surface area contributed by atoms with Crippen LogP contribution >= 0.6 is 11.8 Å². The van der Waals surface area contributed by atoms with Gasteiger partial charge in [-0.15, -0.1) is 0 Å². The van der Waals surface area contributed by atoms with Gasteiger partial charge in [-0.3, -0.25) is 0 Å². The second kappa shape index (κ2) is 6.06. The summed E-state index contributed by atoms with van der Waals surface area (Å²) in [5, 5.41) is 0. The van der Waals surface area contributed by atoms with E-state index >= 15 is 0 Å². The van der Waals surface area contributed by atoms with Gasteiger partial charge in [-0.25, -0.2) is 9.59 Å². The highest BCUT2D eigenvalue weighted by molar-refractivity contribution is 8.04. The molecule has 0 aromatic heterocycles. The highest BCUT2D eigenvalue weighted by Crippen LogP contribution is 2.24. The van der Waals surface area contributed by atoms with Gasteiger partial charge in [-0.2, -0.15) is 0 Å². The Morgan fingerprint density at radius 3 is 2.60 bits per heavy atom. The molecule has 78 valence electrons. The molecule has 0 saturated heterocycles. The molecule has 0 heterocycles. The van der Waals surface area contributed by atoms with E-state index in [9.17, 15) is 9.59 Å². The molecule has 1 aromatic rings. The highest BCUT2D eigenvalue weighted by atomic mass is 32.2. The van der Waals surface area contributed by atoms with Gasteiger partial charge in [0.1, 0.15) is 5.94 Å². The van der Waals surface area contributed by atoms with Gasteiger partial charge in [0.2, 0.25) is 0 Å². The maximum Gasteiger partial charge on any atom is 0.356 e. The molecular weight excluding hydrogens is 212 g/mol.